The van der Waals surface area contributed by atoms with Gasteiger partial charge in [-0.25, -0.2) is 4.39 Å². The van der Waals surface area contributed by atoms with Crippen LogP contribution in [0, 0.1) is 5.82 Å². The number of hydrogen-bond donors (Lipinski definition) is 1. The molecule has 0 radical (unpaired) electrons. The number of aryl methyl sites for hydroxylation is 1. The summed E-state index contributed by atoms with van der Waals surface area (Å²) >= 11 is 3.41. The first-order chi connectivity index (χ1) is 21.4. The number of ether oxygens (including phenoxy) is 1. The van der Waals surface area contributed by atoms with E-state index in [4.69, 9.17) is 4.74 Å². The zero-order chi connectivity index (χ0) is 30.6. The normalized spacial score (nSPS) is 19.6. The van der Waals surface area contributed by atoms with Gasteiger partial charge in [0.05, 0.1) is 17.1 Å². The summed E-state index contributed by atoms with van der Waals surface area (Å²) in [6, 6.07) is 23.5. The van der Waals surface area contributed by atoms with E-state index in [1.165, 1.54) is 23.3 Å². The molecule has 3 aliphatic rings. The first-order valence-electron chi connectivity index (χ1n) is 15.6. The molecule has 2 heterocycles. The van der Waals surface area contributed by atoms with Crippen LogP contribution in [0.2, 0.25) is 0 Å². The van der Waals surface area contributed by atoms with Crippen LogP contribution in [0.3, 0.4) is 0 Å². The molecule has 6 rings (SSSR count). The molecule has 3 aromatic carbocycles. The maximum Gasteiger partial charge on any atom is 0.252 e. The Morgan fingerprint density at radius 2 is 1.75 bits per heavy atom. The fourth-order valence-corrected chi connectivity index (χ4v) is 6.79. The van der Waals surface area contributed by atoms with Crippen molar-refractivity contribution in [2.45, 2.75) is 63.6 Å². The molecule has 3 aromatic rings. The van der Waals surface area contributed by atoms with Gasteiger partial charge in [-0.15, -0.1) is 0 Å². The molecule has 1 N–H and O–H groups in total. The Bertz CT molecular complexity index is 1520. The summed E-state index contributed by atoms with van der Waals surface area (Å²) in [4.78, 5) is 30.8. The number of benzene rings is 3. The standard InChI is InChI=1S/C36H39BrFN3O3/c1-24(42)40-22-29-21-31(27-11-9-26(10-12-27)8-5-19-44-34-20-28(38)13-16-32(34)37)35(33(23-40)39-29)36(43)41(30-14-15-30)18-17-25-6-3-2-4-7-25/h2-4,6-7,9-13,16,20,29-30,33,39H,5,8,14-15,17-19,21-23H2,1H3. The number of rotatable bonds is 11. The molecule has 2 unspecified atom stereocenters. The summed E-state index contributed by atoms with van der Waals surface area (Å²) in [7, 11) is 0. The predicted octanol–water partition coefficient (Wildman–Crippen LogP) is 6.18. The molecule has 6 nitrogen and oxygen atoms in total. The van der Waals surface area contributed by atoms with Crippen molar-refractivity contribution in [2.75, 3.05) is 26.2 Å². The number of nitrogens with one attached hydrogen (secondary N) is 1. The lowest BCUT2D eigenvalue weighted by molar-refractivity contribution is -0.132. The summed E-state index contributed by atoms with van der Waals surface area (Å²) < 4.78 is 20.1. The Hall–Kier alpha value is -3.49. The highest BCUT2D eigenvalue weighted by Crippen LogP contribution is 2.37. The Balaban J connectivity index is 1.20. The molecule has 2 aliphatic heterocycles. The summed E-state index contributed by atoms with van der Waals surface area (Å²) in [6.45, 7) is 3.94. The van der Waals surface area contributed by atoms with Crippen LogP contribution in [0.25, 0.3) is 5.57 Å². The minimum absolute atomic E-state index is 0.0537. The van der Waals surface area contributed by atoms with E-state index in [-0.39, 0.29) is 35.8 Å². The first-order valence-corrected chi connectivity index (χ1v) is 16.4. The van der Waals surface area contributed by atoms with Crippen molar-refractivity contribution >= 4 is 33.3 Å². The number of halogens is 2. The number of nitrogens with zero attached hydrogens (tertiary/aromatic N) is 2. The minimum Gasteiger partial charge on any atom is -0.492 e. The lowest BCUT2D eigenvalue weighted by atomic mass is 9.82. The van der Waals surface area contributed by atoms with Crippen molar-refractivity contribution in [1.82, 2.24) is 15.1 Å². The van der Waals surface area contributed by atoms with E-state index >= 15 is 0 Å². The van der Waals surface area contributed by atoms with Crippen LogP contribution in [0.15, 0.2) is 82.8 Å². The topological polar surface area (TPSA) is 61.9 Å². The lowest BCUT2D eigenvalue weighted by Crippen LogP contribution is -2.62. The third-order valence-electron chi connectivity index (χ3n) is 8.88. The van der Waals surface area contributed by atoms with Crippen molar-refractivity contribution in [3.63, 3.8) is 0 Å². The van der Waals surface area contributed by atoms with Crippen LogP contribution in [-0.2, 0) is 22.4 Å². The molecule has 1 aliphatic carbocycles. The average Bonchev–Trinajstić information content (AvgIpc) is 3.87. The summed E-state index contributed by atoms with van der Waals surface area (Å²) in [5.41, 5.74) is 5.40. The van der Waals surface area contributed by atoms with Crippen LogP contribution >= 0.6 is 15.9 Å². The Labute approximate surface area is 267 Å². The van der Waals surface area contributed by atoms with E-state index in [9.17, 15) is 14.0 Å². The highest BCUT2D eigenvalue weighted by atomic mass is 79.9. The quantitative estimate of drug-likeness (QED) is 0.250. The van der Waals surface area contributed by atoms with Gasteiger partial charge in [0.15, 0.2) is 0 Å². The van der Waals surface area contributed by atoms with Gasteiger partial charge in [-0.3, -0.25) is 9.59 Å². The van der Waals surface area contributed by atoms with Gasteiger partial charge in [0.1, 0.15) is 11.6 Å². The molecular formula is C36H39BrFN3O3. The molecule has 1 saturated carbocycles. The third-order valence-corrected chi connectivity index (χ3v) is 9.53. The highest BCUT2D eigenvalue weighted by molar-refractivity contribution is 9.10. The van der Waals surface area contributed by atoms with Crippen LogP contribution in [0.5, 0.6) is 5.75 Å². The van der Waals surface area contributed by atoms with Crippen molar-refractivity contribution in [3.05, 3.63) is 105 Å². The number of hydrogen-bond acceptors (Lipinski definition) is 4. The Kier molecular flexibility index (Phi) is 9.47. The SMILES string of the molecule is CC(=O)N1CC2CC(c3ccc(CCCOc4cc(F)ccc4Br)cc3)=C(C(=O)N(CCc3ccccc3)C3CC3)C(C1)N2. The average molecular weight is 661 g/mol. The minimum atomic E-state index is -0.321. The maximum atomic E-state index is 14.4. The van der Waals surface area contributed by atoms with Gasteiger partial charge in [-0.05, 0) is 88.9 Å². The Morgan fingerprint density at radius 1 is 1.00 bits per heavy atom. The smallest absolute Gasteiger partial charge is 0.252 e. The van der Waals surface area contributed by atoms with Gasteiger partial charge in [-0.2, -0.15) is 0 Å². The van der Waals surface area contributed by atoms with Crippen molar-refractivity contribution < 1.29 is 18.7 Å². The van der Waals surface area contributed by atoms with Crippen LogP contribution in [0.4, 0.5) is 4.39 Å². The number of carbonyl (C=O) groups excluding carboxylic acids is 2. The molecule has 1 saturated heterocycles. The highest BCUT2D eigenvalue weighted by Gasteiger charge is 2.42. The van der Waals surface area contributed by atoms with Gasteiger partial charge in [0, 0.05) is 50.3 Å². The van der Waals surface area contributed by atoms with E-state index in [1.54, 1.807) is 13.0 Å². The van der Waals surface area contributed by atoms with E-state index in [0.717, 1.165) is 53.3 Å². The molecule has 2 amide bonds. The molecule has 2 atom stereocenters. The van der Waals surface area contributed by atoms with Gasteiger partial charge in [0.25, 0.3) is 5.91 Å². The van der Waals surface area contributed by atoms with E-state index in [0.29, 0.717) is 38.4 Å². The molecule has 2 bridgehead atoms. The van der Waals surface area contributed by atoms with Crippen molar-refractivity contribution in [3.8, 4) is 5.75 Å². The second kappa shape index (κ2) is 13.7. The molecule has 0 aromatic heterocycles. The molecule has 0 spiro atoms. The van der Waals surface area contributed by atoms with E-state index in [2.05, 4.69) is 62.5 Å². The fraction of sp³-hybridized carbons (Fsp3) is 0.389. The summed E-state index contributed by atoms with van der Waals surface area (Å²) in [5, 5.41) is 3.68. The van der Waals surface area contributed by atoms with Crippen LogP contribution < -0.4 is 10.1 Å². The van der Waals surface area contributed by atoms with Gasteiger partial charge < -0.3 is 19.9 Å². The van der Waals surface area contributed by atoms with Crippen molar-refractivity contribution in [2.24, 2.45) is 0 Å². The molecule has 2 fully saturated rings. The number of amides is 2. The second-order valence-electron chi connectivity index (χ2n) is 12.1. The molecular weight excluding hydrogens is 621 g/mol. The summed E-state index contributed by atoms with van der Waals surface area (Å²) in [5.74, 6) is 0.342. The summed E-state index contributed by atoms with van der Waals surface area (Å²) in [6.07, 6.45) is 5.22. The zero-order valence-corrected chi connectivity index (χ0v) is 26.7. The third kappa shape index (κ3) is 7.24. The first kappa shape index (κ1) is 30.5. The maximum absolute atomic E-state index is 14.4. The zero-order valence-electron chi connectivity index (χ0n) is 25.1. The number of piperazine rings is 1. The fourth-order valence-electron chi connectivity index (χ4n) is 6.43. The van der Waals surface area contributed by atoms with Crippen molar-refractivity contribution in [1.29, 1.82) is 0 Å². The molecule has 230 valence electrons. The van der Waals surface area contributed by atoms with Crippen LogP contribution in [-0.4, -0.2) is 66.0 Å². The number of carbonyl (C=O) groups is 2. The molecule has 44 heavy (non-hydrogen) atoms. The van der Waals surface area contributed by atoms with Gasteiger partial charge >= 0.3 is 0 Å². The molecule has 8 heteroatoms. The Morgan fingerprint density at radius 3 is 2.48 bits per heavy atom. The lowest BCUT2D eigenvalue weighted by Gasteiger charge is -2.44. The number of fused-ring (bicyclic) bond motifs is 2. The largest absolute Gasteiger partial charge is 0.492 e. The van der Waals surface area contributed by atoms with Crippen LogP contribution in [0.1, 0.15) is 49.3 Å². The van der Waals surface area contributed by atoms with Gasteiger partial charge in [-0.1, -0.05) is 54.6 Å². The second-order valence-corrected chi connectivity index (χ2v) is 13.0. The predicted molar refractivity (Wildman–Crippen MR) is 174 cm³/mol. The van der Waals surface area contributed by atoms with Gasteiger partial charge in [0.2, 0.25) is 5.91 Å². The monoisotopic (exact) mass is 659 g/mol. The van der Waals surface area contributed by atoms with E-state index in [1.807, 2.05) is 23.1 Å². The van der Waals surface area contributed by atoms with E-state index < -0.39 is 0 Å².